The number of ether oxygens (including phenoxy) is 1. The standard InChI is InChI=1S/C32H24N2O/c1-21-10-7-16-26-27-17-9-15-25(31(27)35-30(21)26)22-11-8-12-23(20-22)32-33-28-18-5-6-19-29(28)34(32)24-13-3-2-4-14-24/h2-20,26,30H,1H3. The highest BCUT2D eigenvalue weighted by Gasteiger charge is 2.36. The second-order valence-corrected chi connectivity index (χ2v) is 9.26. The first-order valence-corrected chi connectivity index (χ1v) is 12.1. The number of aromatic nitrogens is 2. The van der Waals surface area contributed by atoms with Gasteiger partial charge in [-0.2, -0.15) is 0 Å². The molecule has 2 unspecified atom stereocenters. The van der Waals surface area contributed by atoms with Crippen molar-refractivity contribution in [3.63, 3.8) is 0 Å². The summed E-state index contributed by atoms with van der Waals surface area (Å²) in [7, 11) is 0. The molecule has 1 aliphatic carbocycles. The van der Waals surface area contributed by atoms with Gasteiger partial charge in [0.1, 0.15) is 17.7 Å². The summed E-state index contributed by atoms with van der Waals surface area (Å²) in [4.78, 5) is 5.05. The van der Waals surface area contributed by atoms with Crippen molar-refractivity contribution < 1.29 is 4.74 Å². The Morgan fingerprint density at radius 2 is 1.60 bits per heavy atom. The predicted molar refractivity (Wildman–Crippen MR) is 142 cm³/mol. The monoisotopic (exact) mass is 452 g/mol. The Labute approximate surface area is 204 Å². The van der Waals surface area contributed by atoms with Crippen LogP contribution in [0.4, 0.5) is 0 Å². The van der Waals surface area contributed by atoms with Crippen LogP contribution >= 0.6 is 0 Å². The van der Waals surface area contributed by atoms with Crippen molar-refractivity contribution in [1.82, 2.24) is 9.55 Å². The van der Waals surface area contributed by atoms with Crippen LogP contribution in [-0.4, -0.2) is 15.7 Å². The van der Waals surface area contributed by atoms with Gasteiger partial charge in [0.2, 0.25) is 0 Å². The summed E-state index contributed by atoms with van der Waals surface area (Å²) in [5.74, 6) is 2.21. The van der Waals surface area contributed by atoms with Crippen molar-refractivity contribution in [2.45, 2.75) is 18.9 Å². The van der Waals surface area contributed by atoms with Gasteiger partial charge >= 0.3 is 0 Å². The summed E-state index contributed by atoms with van der Waals surface area (Å²) >= 11 is 0. The zero-order chi connectivity index (χ0) is 23.4. The highest BCUT2D eigenvalue weighted by molar-refractivity contribution is 5.85. The molecule has 4 aromatic carbocycles. The van der Waals surface area contributed by atoms with Crippen LogP contribution in [-0.2, 0) is 0 Å². The van der Waals surface area contributed by atoms with Crippen molar-refractivity contribution in [3.8, 4) is 34.0 Å². The minimum Gasteiger partial charge on any atom is -0.484 e. The smallest absolute Gasteiger partial charge is 0.145 e. The minimum atomic E-state index is 0.0848. The number of fused-ring (bicyclic) bond motifs is 4. The molecule has 2 atom stereocenters. The molecule has 0 saturated carbocycles. The van der Waals surface area contributed by atoms with Gasteiger partial charge in [-0.15, -0.1) is 0 Å². The zero-order valence-corrected chi connectivity index (χ0v) is 19.4. The van der Waals surface area contributed by atoms with E-state index in [1.807, 2.05) is 12.1 Å². The first kappa shape index (κ1) is 20.0. The molecule has 0 bridgehead atoms. The molecule has 1 aliphatic heterocycles. The average Bonchev–Trinajstić information content (AvgIpc) is 3.49. The van der Waals surface area contributed by atoms with Gasteiger partial charge in [0.15, 0.2) is 0 Å². The molecular weight excluding hydrogens is 428 g/mol. The quantitative estimate of drug-likeness (QED) is 0.280. The van der Waals surface area contributed by atoms with E-state index in [1.54, 1.807) is 0 Å². The van der Waals surface area contributed by atoms with Gasteiger partial charge in [-0.05, 0) is 48.4 Å². The lowest BCUT2D eigenvalue weighted by Gasteiger charge is -2.19. The van der Waals surface area contributed by atoms with Gasteiger partial charge in [-0.3, -0.25) is 4.57 Å². The summed E-state index contributed by atoms with van der Waals surface area (Å²) in [6, 6.07) is 33.9. The van der Waals surface area contributed by atoms with Gasteiger partial charge in [0.25, 0.3) is 0 Å². The Balaban J connectivity index is 1.38. The molecule has 168 valence electrons. The van der Waals surface area contributed by atoms with Gasteiger partial charge in [-0.1, -0.05) is 85.0 Å². The maximum absolute atomic E-state index is 6.55. The lowest BCUT2D eigenvalue weighted by Crippen LogP contribution is -2.20. The van der Waals surface area contributed by atoms with Crippen LogP contribution in [0.25, 0.3) is 39.2 Å². The molecule has 2 heterocycles. The third kappa shape index (κ3) is 3.16. The van der Waals surface area contributed by atoms with E-state index in [0.717, 1.165) is 45.0 Å². The number of hydrogen-bond acceptors (Lipinski definition) is 2. The Morgan fingerprint density at radius 3 is 2.51 bits per heavy atom. The first-order valence-electron chi connectivity index (χ1n) is 12.1. The fourth-order valence-corrected chi connectivity index (χ4v) is 5.43. The maximum atomic E-state index is 6.55. The van der Waals surface area contributed by atoms with E-state index in [0.29, 0.717) is 0 Å². The Morgan fingerprint density at radius 1 is 0.800 bits per heavy atom. The second kappa shape index (κ2) is 7.85. The molecule has 0 N–H and O–H groups in total. The fraction of sp³-hybridized carbons (Fsp3) is 0.0938. The highest BCUT2D eigenvalue weighted by atomic mass is 16.5. The Hall–Kier alpha value is -4.37. The SMILES string of the molecule is CC1=CC=CC2c3cccc(-c4cccc(-c5nc6ccccc6n5-c5ccccc5)c4)c3OC12. The number of benzene rings is 4. The van der Waals surface area contributed by atoms with Crippen LogP contribution in [0.2, 0.25) is 0 Å². The van der Waals surface area contributed by atoms with E-state index in [-0.39, 0.29) is 12.0 Å². The van der Waals surface area contributed by atoms with E-state index in [1.165, 1.54) is 11.1 Å². The predicted octanol–water partition coefficient (Wildman–Crippen LogP) is 7.72. The van der Waals surface area contributed by atoms with E-state index < -0.39 is 0 Å². The van der Waals surface area contributed by atoms with Crippen molar-refractivity contribution in [2.24, 2.45) is 0 Å². The van der Waals surface area contributed by atoms with Gasteiger partial charge in [0, 0.05) is 28.3 Å². The molecule has 5 aromatic rings. The van der Waals surface area contributed by atoms with Gasteiger partial charge in [0.05, 0.1) is 11.0 Å². The molecule has 7 rings (SSSR count). The van der Waals surface area contributed by atoms with Crippen molar-refractivity contribution >= 4 is 11.0 Å². The first-order chi connectivity index (χ1) is 17.3. The summed E-state index contributed by atoms with van der Waals surface area (Å²) < 4.78 is 8.80. The molecule has 0 saturated heterocycles. The lowest BCUT2D eigenvalue weighted by atomic mass is 9.87. The highest BCUT2D eigenvalue weighted by Crippen LogP contribution is 2.48. The normalized spacial score (nSPS) is 18.1. The Bertz CT molecular complexity index is 1640. The molecule has 0 fully saturated rings. The number of hydrogen-bond donors (Lipinski definition) is 0. The van der Waals surface area contributed by atoms with Crippen molar-refractivity contribution in [3.05, 3.63) is 126 Å². The molecule has 35 heavy (non-hydrogen) atoms. The molecule has 2 aliphatic rings. The fourth-order valence-electron chi connectivity index (χ4n) is 5.43. The maximum Gasteiger partial charge on any atom is 0.145 e. The van der Waals surface area contributed by atoms with Crippen LogP contribution in [0.1, 0.15) is 18.4 Å². The van der Waals surface area contributed by atoms with E-state index in [4.69, 9.17) is 9.72 Å². The molecule has 1 aromatic heterocycles. The Kier molecular flexibility index (Phi) is 4.49. The summed E-state index contributed by atoms with van der Waals surface area (Å²) in [6.07, 6.45) is 6.64. The van der Waals surface area contributed by atoms with Gasteiger partial charge in [-0.25, -0.2) is 4.98 Å². The molecule has 3 nitrogen and oxygen atoms in total. The third-order valence-electron chi connectivity index (χ3n) is 7.11. The third-order valence-corrected chi connectivity index (χ3v) is 7.11. The number of rotatable bonds is 3. The zero-order valence-electron chi connectivity index (χ0n) is 19.4. The number of allylic oxidation sites excluding steroid dienone is 2. The molecule has 0 radical (unpaired) electrons. The van der Waals surface area contributed by atoms with Crippen LogP contribution in [0.3, 0.4) is 0 Å². The molecular formula is C32H24N2O. The molecule has 0 spiro atoms. The van der Waals surface area contributed by atoms with E-state index in [9.17, 15) is 0 Å². The number of para-hydroxylation sites is 4. The lowest BCUT2D eigenvalue weighted by molar-refractivity contribution is 0.256. The van der Waals surface area contributed by atoms with E-state index in [2.05, 4.69) is 115 Å². The molecule has 3 heteroatoms. The van der Waals surface area contributed by atoms with Crippen LogP contribution in [0.5, 0.6) is 5.75 Å². The summed E-state index contributed by atoms with van der Waals surface area (Å²) in [5, 5.41) is 0. The minimum absolute atomic E-state index is 0.0848. The van der Waals surface area contributed by atoms with Crippen LogP contribution in [0.15, 0.2) is 121 Å². The van der Waals surface area contributed by atoms with Crippen LogP contribution < -0.4 is 4.74 Å². The number of imidazole rings is 1. The summed E-state index contributed by atoms with van der Waals surface area (Å²) in [6.45, 7) is 2.15. The van der Waals surface area contributed by atoms with Gasteiger partial charge < -0.3 is 4.74 Å². The largest absolute Gasteiger partial charge is 0.484 e. The second-order valence-electron chi connectivity index (χ2n) is 9.26. The van der Waals surface area contributed by atoms with Crippen molar-refractivity contribution in [2.75, 3.05) is 0 Å². The van der Waals surface area contributed by atoms with E-state index >= 15 is 0 Å². The summed E-state index contributed by atoms with van der Waals surface area (Å²) in [5.41, 5.74) is 9.05. The molecule has 0 amide bonds. The average molecular weight is 453 g/mol. The number of nitrogens with zero attached hydrogens (tertiary/aromatic N) is 2. The van der Waals surface area contributed by atoms with Crippen molar-refractivity contribution in [1.29, 1.82) is 0 Å². The topological polar surface area (TPSA) is 27.1 Å². The van der Waals surface area contributed by atoms with Crippen LogP contribution in [0, 0.1) is 0 Å².